The average molecular weight is 390 g/mol. The molecule has 0 aliphatic heterocycles. The van der Waals surface area contributed by atoms with Gasteiger partial charge in [-0.1, -0.05) is 61.9 Å². The van der Waals surface area contributed by atoms with Crippen LogP contribution in [0.3, 0.4) is 0 Å². The number of carbonyl (C=O) groups is 2. The molecule has 3 aromatic rings. The number of aryl methyl sites for hydroxylation is 1. The third-order valence-electron chi connectivity index (χ3n) is 4.17. The normalized spacial score (nSPS) is 9.86. The molecule has 0 saturated carbocycles. The lowest BCUT2D eigenvalue weighted by molar-refractivity contribution is -0.116. The molecule has 1 heterocycles. The fraction of sp³-hybridized carbons (Fsp3) is 0.208. The SMILES string of the molecule is CCCCC(=O)Nc1ccccc1C(=O)O.Cc1ccc(-c2ccccc2)nc1. The highest BCUT2D eigenvalue weighted by molar-refractivity contribution is 6.00. The summed E-state index contributed by atoms with van der Waals surface area (Å²) in [4.78, 5) is 26.7. The van der Waals surface area contributed by atoms with E-state index < -0.39 is 5.97 Å². The zero-order chi connectivity index (χ0) is 21.1. The molecule has 0 spiro atoms. The summed E-state index contributed by atoms with van der Waals surface area (Å²) in [6, 6.07) is 20.7. The molecule has 0 aliphatic carbocycles. The highest BCUT2D eigenvalue weighted by atomic mass is 16.4. The number of unbranched alkanes of at least 4 members (excludes halogenated alkanes) is 1. The van der Waals surface area contributed by atoms with Gasteiger partial charge in [-0.2, -0.15) is 0 Å². The first-order chi connectivity index (χ1) is 14.0. The summed E-state index contributed by atoms with van der Waals surface area (Å²) in [5, 5.41) is 11.5. The second-order valence-corrected chi connectivity index (χ2v) is 6.59. The van der Waals surface area contributed by atoms with Gasteiger partial charge in [0.2, 0.25) is 5.91 Å². The fourth-order valence-electron chi connectivity index (χ4n) is 2.58. The van der Waals surface area contributed by atoms with E-state index >= 15 is 0 Å². The Kier molecular flexibility index (Phi) is 8.57. The van der Waals surface area contributed by atoms with Crippen molar-refractivity contribution < 1.29 is 14.7 Å². The van der Waals surface area contributed by atoms with E-state index in [2.05, 4.69) is 28.5 Å². The summed E-state index contributed by atoms with van der Waals surface area (Å²) in [7, 11) is 0. The van der Waals surface area contributed by atoms with Gasteiger partial charge in [-0.05, 0) is 37.1 Å². The van der Waals surface area contributed by atoms with Crippen LogP contribution in [0.2, 0.25) is 0 Å². The Morgan fingerprint density at radius 2 is 1.66 bits per heavy atom. The Balaban J connectivity index is 0.000000211. The van der Waals surface area contributed by atoms with Crippen LogP contribution in [0, 0.1) is 6.92 Å². The molecule has 0 saturated heterocycles. The van der Waals surface area contributed by atoms with Crippen LogP contribution in [0.25, 0.3) is 11.3 Å². The molecule has 0 bridgehead atoms. The zero-order valence-electron chi connectivity index (χ0n) is 16.8. The minimum Gasteiger partial charge on any atom is -0.478 e. The quantitative estimate of drug-likeness (QED) is 0.577. The molecule has 2 N–H and O–H groups in total. The molecule has 0 radical (unpaired) electrons. The van der Waals surface area contributed by atoms with E-state index in [0.29, 0.717) is 12.1 Å². The first-order valence-corrected chi connectivity index (χ1v) is 9.61. The van der Waals surface area contributed by atoms with Crippen LogP contribution in [0.1, 0.15) is 42.1 Å². The average Bonchev–Trinajstić information content (AvgIpc) is 2.74. The minimum absolute atomic E-state index is 0.118. The van der Waals surface area contributed by atoms with Crippen LogP contribution >= 0.6 is 0 Å². The Labute approximate surface area is 171 Å². The van der Waals surface area contributed by atoms with Gasteiger partial charge in [-0.3, -0.25) is 9.78 Å². The largest absolute Gasteiger partial charge is 0.478 e. The number of benzene rings is 2. The number of rotatable bonds is 6. The van der Waals surface area contributed by atoms with Gasteiger partial charge in [0.15, 0.2) is 0 Å². The number of hydrogen-bond donors (Lipinski definition) is 2. The zero-order valence-corrected chi connectivity index (χ0v) is 16.8. The number of aromatic carboxylic acids is 1. The van der Waals surface area contributed by atoms with Crippen molar-refractivity contribution in [2.24, 2.45) is 0 Å². The Morgan fingerprint density at radius 3 is 2.28 bits per heavy atom. The molecule has 0 unspecified atom stereocenters. The van der Waals surface area contributed by atoms with E-state index in [9.17, 15) is 9.59 Å². The smallest absolute Gasteiger partial charge is 0.337 e. The Bertz CT molecular complexity index is 922. The summed E-state index contributed by atoms with van der Waals surface area (Å²) in [6.07, 6.45) is 4.06. The highest BCUT2D eigenvalue weighted by Crippen LogP contribution is 2.16. The topological polar surface area (TPSA) is 79.3 Å². The van der Waals surface area contributed by atoms with E-state index in [4.69, 9.17) is 5.11 Å². The summed E-state index contributed by atoms with van der Waals surface area (Å²) < 4.78 is 0. The maximum absolute atomic E-state index is 11.4. The van der Waals surface area contributed by atoms with Crippen molar-refractivity contribution in [2.45, 2.75) is 33.1 Å². The number of pyridine rings is 1. The third kappa shape index (κ3) is 7.22. The summed E-state index contributed by atoms with van der Waals surface area (Å²) in [6.45, 7) is 4.04. The number of carboxylic acid groups (broad SMARTS) is 1. The molecular weight excluding hydrogens is 364 g/mol. The van der Waals surface area contributed by atoms with Crippen LogP contribution in [0.15, 0.2) is 72.9 Å². The van der Waals surface area contributed by atoms with Crippen LogP contribution in [-0.4, -0.2) is 22.0 Å². The minimum atomic E-state index is -1.04. The van der Waals surface area contributed by atoms with E-state index in [1.807, 2.05) is 44.3 Å². The number of carboxylic acids is 1. The second-order valence-electron chi connectivity index (χ2n) is 6.59. The van der Waals surface area contributed by atoms with Crippen molar-refractivity contribution in [3.63, 3.8) is 0 Å². The molecule has 5 heteroatoms. The van der Waals surface area contributed by atoms with Crippen molar-refractivity contribution in [2.75, 3.05) is 5.32 Å². The van der Waals surface area contributed by atoms with Crippen molar-refractivity contribution in [3.8, 4) is 11.3 Å². The molecule has 2 aromatic carbocycles. The maximum atomic E-state index is 11.4. The Hall–Kier alpha value is -3.47. The number of nitrogens with one attached hydrogen (secondary N) is 1. The van der Waals surface area contributed by atoms with E-state index in [0.717, 1.165) is 18.5 Å². The van der Waals surface area contributed by atoms with Gasteiger partial charge in [0.05, 0.1) is 16.9 Å². The third-order valence-corrected chi connectivity index (χ3v) is 4.17. The van der Waals surface area contributed by atoms with Crippen molar-refractivity contribution in [1.29, 1.82) is 0 Å². The Morgan fingerprint density at radius 1 is 0.966 bits per heavy atom. The first-order valence-electron chi connectivity index (χ1n) is 9.61. The highest BCUT2D eigenvalue weighted by Gasteiger charge is 2.10. The summed E-state index contributed by atoms with van der Waals surface area (Å²) >= 11 is 0. The van der Waals surface area contributed by atoms with Crippen LogP contribution in [0.5, 0.6) is 0 Å². The van der Waals surface area contributed by atoms with E-state index in [1.165, 1.54) is 17.2 Å². The van der Waals surface area contributed by atoms with Crippen molar-refractivity contribution in [3.05, 3.63) is 84.1 Å². The molecule has 150 valence electrons. The van der Waals surface area contributed by atoms with E-state index in [1.54, 1.807) is 18.2 Å². The molecule has 0 fully saturated rings. The number of para-hydroxylation sites is 1. The van der Waals surface area contributed by atoms with Gasteiger partial charge in [-0.25, -0.2) is 4.79 Å². The molecule has 1 aromatic heterocycles. The standard InChI is InChI=1S/C12H15NO3.C12H11N/c1-2-3-8-11(14)13-10-7-5-4-6-9(10)12(15)16;1-10-7-8-12(13-9-10)11-5-3-2-4-6-11/h4-7H,2-3,8H2,1H3,(H,13,14)(H,15,16);2-9H,1H3. The van der Waals surface area contributed by atoms with Crippen molar-refractivity contribution >= 4 is 17.6 Å². The predicted molar refractivity (Wildman–Crippen MR) is 116 cm³/mol. The van der Waals surface area contributed by atoms with Crippen LogP contribution in [-0.2, 0) is 4.79 Å². The predicted octanol–water partition coefficient (Wildman–Crippen LogP) is 5.57. The van der Waals surface area contributed by atoms with Gasteiger partial charge in [0.25, 0.3) is 0 Å². The van der Waals surface area contributed by atoms with Gasteiger partial charge in [0.1, 0.15) is 0 Å². The molecular formula is C24H26N2O3. The molecule has 29 heavy (non-hydrogen) atoms. The second kappa shape index (κ2) is 11.4. The summed E-state index contributed by atoms with van der Waals surface area (Å²) in [5.74, 6) is -1.18. The van der Waals surface area contributed by atoms with Crippen molar-refractivity contribution in [1.82, 2.24) is 4.98 Å². The van der Waals surface area contributed by atoms with Crippen LogP contribution < -0.4 is 5.32 Å². The lowest BCUT2D eigenvalue weighted by atomic mass is 10.1. The van der Waals surface area contributed by atoms with E-state index in [-0.39, 0.29) is 11.5 Å². The van der Waals surface area contributed by atoms with Gasteiger partial charge in [0, 0.05) is 18.2 Å². The number of anilines is 1. The first kappa shape index (κ1) is 21.8. The maximum Gasteiger partial charge on any atom is 0.337 e. The molecule has 0 aliphatic rings. The monoisotopic (exact) mass is 390 g/mol. The van der Waals surface area contributed by atoms with Gasteiger partial charge < -0.3 is 10.4 Å². The summed E-state index contributed by atoms with van der Waals surface area (Å²) in [5.41, 5.74) is 3.87. The molecule has 3 rings (SSSR count). The number of hydrogen-bond acceptors (Lipinski definition) is 3. The molecule has 5 nitrogen and oxygen atoms in total. The van der Waals surface area contributed by atoms with Gasteiger partial charge >= 0.3 is 5.97 Å². The number of nitrogens with zero attached hydrogens (tertiary/aromatic N) is 1. The molecule has 0 atom stereocenters. The molecule has 1 amide bonds. The fourth-order valence-corrected chi connectivity index (χ4v) is 2.58. The number of aromatic nitrogens is 1. The number of carbonyl (C=O) groups excluding carboxylic acids is 1. The lowest BCUT2D eigenvalue weighted by Gasteiger charge is -2.07. The van der Waals surface area contributed by atoms with Gasteiger partial charge in [-0.15, -0.1) is 0 Å². The van der Waals surface area contributed by atoms with Crippen LogP contribution in [0.4, 0.5) is 5.69 Å². The lowest BCUT2D eigenvalue weighted by Crippen LogP contribution is -2.14. The number of amides is 1.